The van der Waals surface area contributed by atoms with Gasteiger partial charge >= 0.3 is 0 Å². The second-order valence-electron chi connectivity index (χ2n) is 4.37. The molecule has 1 aromatic carbocycles. The maximum Gasteiger partial charge on any atom is 0.255 e. The van der Waals surface area contributed by atoms with E-state index in [1.165, 1.54) is 0 Å². The molecular formula is C13H16BrNO2. The van der Waals surface area contributed by atoms with E-state index >= 15 is 0 Å². The largest absolute Gasteiger partial charge is 0.375 e. The van der Waals surface area contributed by atoms with E-state index in [9.17, 15) is 4.79 Å². The summed E-state index contributed by atoms with van der Waals surface area (Å²) < 4.78 is 6.34. The quantitative estimate of drug-likeness (QED) is 0.797. The zero-order valence-corrected chi connectivity index (χ0v) is 11.7. The Balaban J connectivity index is 2.22. The highest BCUT2D eigenvalue weighted by atomic mass is 79.9. The summed E-state index contributed by atoms with van der Waals surface area (Å²) in [6.07, 6.45) is 0.122. The lowest BCUT2D eigenvalue weighted by atomic mass is 10.1. The molecule has 1 fully saturated rings. The van der Waals surface area contributed by atoms with E-state index in [-0.39, 0.29) is 12.0 Å². The summed E-state index contributed by atoms with van der Waals surface area (Å²) in [7, 11) is 0. The van der Waals surface area contributed by atoms with Crippen LogP contribution in [0.5, 0.6) is 0 Å². The molecule has 3 nitrogen and oxygen atoms in total. The van der Waals surface area contributed by atoms with E-state index in [4.69, 9.17) is 4.74 Å². The van der Waals surface area contributed by atoms with Gasteiger partial charge in [0.2, 0.25) is 0 Å². The van der Waals surface area contributed by atoms with Crippen LogP contribution in [0.2, 0.25) is 0 Å². The number of benzene rings is 1. The van der Waals surface area contributed by atoms with Crippen molar-refractivity contribution >= 4 is 21.8 Å². The van der Waals surface area contributed by atoms with Crippen molar-refractivity contribution in [1.29, 1.82) is 0 Å². The molecule has 1 amide bonds. The number of morpholine rings is 1. The van der Waals surface area contributed by atoms with Crippen molar-refractivity contribution in [3.05, 3.63) is 33.8 Å². The summed E-state index contributed by atoms with van der Waals surface area (Å²) >= 11 is 3.48. The van der Waals surface area contributed by atoms with Crippen molar-refractivity contribution in [3.8, 4) is 0 Å². The molecule has 0 saturated carbocycles. The second kappa shape index (κ2) is 5.19. The summed E-state index contributed by atoms with van der Waals surface area (Å²) in [5.74, 6) is 0.0794. The molecule has 1 saturated heterocycles. The molecule has 92 valence electrons. The van der Waals surface area contributed by atoms with Gasteiger partial charge < -0.3 is 9.64 Å². The topological polar surface area (TPSA) is 29.5 Å². The fourth-order valence-corrected chi connectivity index (χ4v) is 2.42. The zero-order valence-electron chi connectivity index (χ0n) is 10.1. The molecule has 0 N–H and O–H groups in total. The molecule has 1 aliphatic rings. The van der Waals surface area contributed by atoms with Gasteiger partial charge in [-0.25, -0.2) is 0 Å². The van der Waals surface area contributed by atoms with Gasteiger partial charge in [0.15, 0.2) is 0 Å². The van der Waals surface area contributed by atoms with Crippen LogP contribution in [0.15, 0.2) is 22.7 Å². The maximum absolute atomic E-state index is 12.4. The number of carbonyl (C=O) groups excluding carboxylic acids is 1. The van der Waals surface area contributed by atoms with Gasteiger partial charge in [0.05, 0.1) is 18.3 Å². The van der Waals surface area contributed by atoms with Crippen molar-refractivity contribution in [2.45, 2.75) is 20.0 Å². The summed E-state index contributed by atoms with van der Waals surface area (Å²) in [4.78, 5) is 14.2. The molecular weight excluding hydrogens is 282 g/mol. The molecule has 0 aromatic heterocycles. The molecule has 17 heavy (non-hydrogen) atoms. The molecule has 0 radical (unpaired) electrons. The van der Waals surface area contributed by atoms with Crippen LogP contribution in [0.4, 0.5) is 0 Å². The average molecular weight is 298 g/mol. The fraction of sp³-hybridized carbons (Fsp3) is 0.462. The highest BCUT2D eigenvalue weighted by Gasteiger charge is 2.23. The second-order valence-corrected chi connectivity index (χ2v) is 5.16. The Hall–Kier alpha value is -0.870. The maximum atomic E-state index is 12.4. The van der Waals surface area contributed by atoms with Crippen molar-refractivity contribution in [1.82, 2.24) is 4.90 Å². The molecule has 1 atom stereocenters. The number of halogens is 1. The lowest BCUT2D eigenvalue weighted by Crippen LogP contribution is -2.44. The minimum absolute atomic E-state index is 0.0794. The Morgan fingerprint density at radius 2 is 2.29 bits per heavy atom. The van der Waals surface area contributed by atoms with E-state index in [1.807, 2.05) is 36.9 Å². The number of aryl methyl sites for hydroxylation is 1. The monoisotopic (exact) mass is 297 g/mol. The number of hydrogen-bond donors (Lipinski definition) is 0. The number of carbonyl (C=O) groups is 1. The Labute approximate surface area is 110 Å². The average Bonchev–Trinajstić information content (AvgIpc) is 2.32. The first-order chi connectivity index (χ1) is 8.09. The smallest absolute Gasteiger partial charge is 0.255 e. The third-order valence-electron chi connectivity index (χ3n) is 2.95. The van der Waals surface area contributed by atoms with Gasteiger partial charge in [0.1, 0.15) is 0 Å². The van der Waals surface area contributed by atoms with Crippen LogP contribution >= 0.6 is 15.9 Å². The summed E-state index contributed by atoms with van der Waals surface area (Å²) in [5, 5.41) is 0. The Morgan fingerprint density at radius 3 is 3.00 bits per heavy atom. The van der Waals surface area contributed by atoms with Crippen LogP contribution in [-0.2, 0) is 4.74 Å². The first-order valence-electron chi connectivity index (χ1n) is 5.75. The lowest BCUT2D eigenvalue weighted by Gasteiger charge is -2.31. The number of amides is 1. The van der Waals surface area contributed by atoms with Gasteiger partial charge in [-0.05, 0) is 41.4 Å². The van der Waals surface area contributed by atoms with E-state index in [0.29, 0.717) is 19.7 Å². The van der Waals surface area contributed by atoms with Crippen LogP contribution in [0.3, 0.4) is 0 Å². The van der Waals surface area contributed by atoms with Crippen LogP contribution in [-0.4, -0.2) is 36.6 Å². The zero-order chi connectivity index (χ0) is 12.4. The van der Waals surface area contributed by atoms with Crippen molar-refractivity contribution < 1.29 is 9.53 Å². The molecule has 1 heterocycles. The van der Waals surface area contributed by atoms with Crippen LogP contribution in [0.25, 0.3) is 0 Å². The van der Waals surface area contributed by atoms with Gasteiger partial charge in [0, 0.05) is 17.6 Å². The van der Waals surface area contributed by atoms with Crippen molar-refractivity contribution in [3.63, 3.8) is 0 Å². The Kier molecular flexibility index (Phi) is 3.84. The SMILES string of the molecule is Cc1cccc(C(=O)N2CCO[C@@H](C)C2)c1Br. The third-order valence-corrected chi connectivity index (χ3v) is 4.00. The van der Waals surface area contributed by atoms with E-state index < -0.39 is 0 Å². The molecule has 0 aliphatic carbocycles. The standard InChI is InChI=1S/C13H16BrNO2/c1-9-4-3-5-11(12(9)14)13(16)15-6-7-17-10(2)8-15/h3-5,10H,6-8H2,1-2H3/t10-/m0/s1. The molecule has 0 unspecified atom stereocenters. The fourth-order valence-electron chi connectivity index (χ4n) is 1.99. The summed E-state index contributed by atoms with van der Waals surface area (Å²) in [6, 6.07) is 5.76. The molecule has 2 rings (SSSR count). The van der Waals surface area contributed by atoms with Crippen LogP contribution < -0.4 is 0 Å². The Bertz CT molecular complexity index is 433. The van der Waals surface area contributed by atoms with Gasteiger partial charge in [-0.1, -0.05) is 12.1 Å². The first kappa shape index (κ1) is 12.6. The number of hydrogen-bond acceptors (Lipinski definition) is 2. The van der Waals surface area contributed by atoms with E-state index in [0.717, 1.165) is 15.6 Å². The van der Waals surface area contributed by atoms with Crippen molar-refractivity contribution in [2.24, 2.45) is 0 Å². The molecule has 1 aromatic rings. The third kappa shape index (κ3) is 2.69. The van der Waals surface area contributed by atoms with Gasteiger partial charge in [-0.3, -0.25) is 4.79 Å². The summed E-state index contributed by atoms with van der Waals surface area (Å²) in [5.41, 5.74) is 1.82. The number of rotatable bonds is 1. The predicted molar refractivity (Wildman–Crippen MR) is 70.2 cm³/mol. The van der Waals surface area contributed by atoms with Gasteiger partial charge in [-0.15, -0.1) is 0 Å². The minimum Gasteiger partial charge on any atom is -0.375 e. The number of nitrogens with zero attached hydrogens (tertiary/aromatic N) is 1. The predicted octanol–water partition coefficient (Wildman–Crippen LogP) is 2.62. The lowest BCUT2D eigenvalue weighted by molar-refractivity contribution is -0.0124. The first-order valence-corrected chi connectivity index (χ1v) is 6.55. The van der Waals surface area contributed by atoms with E-state index in [2.05, 4.69) is 15.9 Å². The highest BCUT2D eigenvalue weighted by molar-refractivity contribution is 9.10. The normalized spacial score (nSPS) is 20.4. The molecule has 4 heteroatoms. The summed E-state index contributed by atoms with van der Waals surface area (Å²) in [6.45, 7) is 5.94. The van der Waals surface area contributed by atoms with Gasteiger partial charge in [-0.2, -0.15) is 0 Å². The highest BCUT2D eigenvalue weighted by Crippen LogP contribution is 2.23. The van der Waals surface area contributed by atoms with Crippen LogP contribution in [0, 0.1) is 6.92 Å². The molecule has 1 aliphatic heterocycles. The Morgan fingerprint density at radius 1 is 1.53 bits per heavy atom. The molecule has 0 bridgehead atoms. The number of ether oxygens (including phenoxy) is 1. The minimum atomic E-state index is 0.0794. The van der Waals surface area contributed by atoms with E-state index in [1.54, 1.807) is 0 Å². The molecule has 0 spiro atoms. The van der Waals surface area contributed by atoms with Gasteiger partial charge in [0.25, 0.3) is 5.91 Å². The van der Waals surface area contributed by atoms with Crippen molar-refractivity contribution in [2.75, 3.05) is 19.7 Å². The van der Waals surface area contributed by atoms with Crippen LogP contribution in [0.1, 0.15) is 22.8 Å².